The number of amides is 2. The number of urea groups is 1. The summed E-state index contributed by atoms with van der Waals surface area (Å²) in [6.45, 7) is 0. The van der Waals surface area contributed by atoms with E-state index in [2.05, 4.69) is 22.8 Å². The molecule has 1 fully saturated rings. The van der Waals surface area contributed by atoms with Crippen LogP contribution in [0.1, 0.15) is 18.4 Å². The molecule has 1 aliphatic carbocycles. The summed E-state index contributed by atoms with van der Waals surface area (Å²) >= 11 is 0. The third-order valence-electron chi connectivity index (χ3n) is 3.34. The van der Waals surface area contributed by atoms with Gasteiger partial charge in [0.2, 0.25) is 0 Å². The van der Waals surface area contributed by atoms with Gasteiger partial charge in [-0.2, -0.15) is 0 Å². The monoisotopic (exact) mass is 219 g/mol. The van der Waals surface area contributed by atoms with E-state index in [0.717, 1.165) is 12.8 Å². The zero-order chi connectivity index (χ0) is 11.6. The van der Waals surface area contributed by atoms with Gasteiger partial charge in [-0.3, -0.25) is 0 Å². The van der Waals surface area contributed by atoms with Crippen molar-refractivity contribution in [2.75, 3.05) is 7.05 Å². The molecule has 16 heavy (non-hydrogen) atoms. The molecule has 0 bridgehead atoms. The van der Waals surface area contributed by atoms with Gasteiger partial charge in [-0.1, -0.05) is 30.3 Å². The Kier molecular flexibility index (Phi) is 2.83. The molecule has 2 amide bonds. The molecule has 0 saturated heterocycles. The van der Waals surface area contributed by atoms with Crippen LogP contribution in [0.25, 0.3) is 0 Å². The average Bonchev–Trinajstić information content (AvgIpc) is 2.24. The highest BCUT2D eigenvalue weighted by Gasteiger charge is 2.44. The fourth-order valence-corrected chi connectivity index (χ4v) is 2.43. The standard InChI is InChI=1S/C12H17N3O/c1-14-12(9-5-3-2-4-6-9)7-10(8-12)15-11(13)16/h2-6,10,14H,7-8H2,1H3,(H3,13,15,16). The lowest BCUT2D eigenvalue weighted by molar-refractivity contribution is 0.143. The van der Waals surface area contributed by atoms with Crippen LogP contribution >= 0.6 is 0 Å². The van der Waals surface area contributed by atoms with E-state index < -0.39 is 6.03 Å². The van der Waals surface area contributed by atoms with Crippen molar-refractivity contribution in [1.29, 1.82) is 0 Å². The average molecular weight is 219 g/mol. The molecule has 2 rings (SSSR count). The first-order chi connectivity index (χ1) is 7.66. The summed E-state index contributed by atoms with van der Waals surface area (Å²) in [5, 5.41) is 6.08. The van der Waals surface area contributed by atoms with Gasteiger partial charge in [-0.15, -0.1) is 0 Å². The summed E-state index contributed by atoms with van der Waals surface area (Å²) in [4.78, 5) is 10.7. The highest BCUT2D eigenvalue weighted by molar-refractivity contribution is 5.72. The maximum Gasteiger partial charge on any atom is 0.312 e. The van der Waals surface area contributed by atoms with Gasteiger partial charge in [0.25, 0.3) is 0 Å². The Morgan fingerprint density at radius 1 is 1.38 bits per heavy atom. The molecular formula is C12H17N3O. The van der Waals surface area contributed by atoms with Crippen LogP contribution in [-0.4, -0.2) is 19.1 Å². The van der Waals surface area contributed by atoms with E-state index in [1.807, 2.05) is 25.2 Å². The van der Waals surface area contributed by atoms with Crippen LogP contribution in [0.3, 0.4) is 0 Å². The first-order valence-electron chi connectivity index (χ1n) is 5.47. The summed E-state index contributed by atoms with van der Waals surface area (Å²) in [5.41, 5.74) is 6.36. The molecule has 4 N–H and O–H groups in total. The summed E-state index contributed by atoms with van der Waals surface area (Å²) in [7, 11) is 1.95. The molecule has 0 heterocycles. The van der Waals surface area contributed by atoms with Gasteiger partial charge in [-0.25, -0.2) is 4.79 Å². The summed E-state index contributed by atoms with van der Waals surface area (Å²) in [6.07, 6.45) is 1.77. The molecule has 0 aromatic heterocycles. The van der Waals surface area contributed by atoms with Crippen molar-refractivity contribution in [1.82, 2.24) is 10.6 Å². The first kappa shape index (κ1) is 11.0. The van der Waals surface area contributed by atoms with Crippen LogP contribution in [-0.2, 0) is 5.54 Å². The molecule has 1 aromatic rings. The van der Waals surface area contributed by atoms with Crippen LogP contribution in [0.5, 0.6) is 0 Å². The molecule has 1 saturated carbocycles. The molecule has 0 unspecified atom stereocenters. The van der Waals surface area contributed by atoms with E-state index in [1.54, 1.807) is 0 Å². The minimum atomic E-state index is -0.442. The first-order valence-corrected chi connectivity index (χ1v) is 5.47. The summed E-state index contributed by atoms with van der Waals surface area (Å²) in [6, 6.07) is 10.0. The van der Waals surface area contributed by atoms with E-state index in [9.17, 15) is 4.79 Å². The number of nitrogens with two attached hydrogens (primary N) is 1. The fourth-order valence-electron chi connectivity index (χ4n) is 2.43. The Morgan fingerprint density at radius 2 is 2.00 bits per heavy atom. The van der Waals surface area contributed by atoms with Gasteiger partial charge in [0, 0.05) is 11.6 Å². The van der Waals surface area contributed by atoms with Gasteiger partial charge in [0.1, 0.15) is 0 Å². The lowest BCUT2D eigenvalue weighted by Gasteiger charge is -2.48. The largest absolute Gasteiger partial charge is 0.352 e. The second kappa shape index (κ2) is 4.14. The number of benzene rings is 1. The van der Waals surface area contributed by atoms with E-state index in [4.69, 9.17) is 5.73 Å². The van der Waals surface area contributed by atoms with Gasteiger partial charge >= 0.3 is 6.03 Å². The molecule has 1 aromatic carbocycles. The number of rotatable bonds is 3. The molecular weight excluding hydrogens is 202 g/mol. The maximum atomic E-state index is 10.7. The normalized spacial score (nSPS) is 28.2. The third kappa shape index (κ3) is 1.88. The predicted molar refractivity (Wildman–Crippen MR) is 62.9 cm³/mol. The van der Waals surface area contributed by atoms with E-state index in [0.29, 0.717) is 0 Å². The molecule has 86 valence electrons. The van der Waals surface area contributed by atoms with Crippen molar-refractivity contribution in [3.8, 4) is 0 Å². The van der Waals surface area contributed by atoms with E-state index >= 15 is 0 Å². The van der Waals surface area contributed by atoms with Crippen molar-refractivity contribution >= 4 is 6.03 Å². The van der Waals surface area contributed by atoms with Crippen molar-refractivity contribution in [3.05, 3.63) is 35.9 Å². The highest BCUT2D eigenvalue weighted by Crippen LogP contribution is 2.40. The van der Waals surface area contributed by atoms with Crippen LogP contribution < -0.4 is 16.4 Å². The summed E-state index contributed by atoms with van der Waals surface area (Å²) < 4.78 is 0. The lowest BCUT2D eigenvalue weighted by Crippen LogP contribution is -2.59. The maximum absolute atomic E-state index is 10.7. The molecule has 0 radical (unpaired) electrons. The number of nitrogens with one attached hydrogen (secondary N) is 2. The minimum Gasteiger partial charge on any atom is -0.352 e. The van der Waals surface area contributed by atoms with Crippen molar-refractivity contribution in [2.24, 2.45) is 5.73 Å². The lowest BCUT2D eigenvalue weighted by atomic mass is 9.68. The van der Waals surface area contributed by atoms with Crippen molar-refractivity contribution in [3.63, 3.8) is 0 Å². The van der Waals surface area contributed by atoms with Crippen molar-refractivity contribution in [2.45, 2.75) is 24.4 Å². The Balaban J connectivity index is 2.06. The van der Waals surface area contributed by atoms with Crippen LogP contribution in [0, 0.1) is 0 Å². The second-order valence-electron chi connectivity index (χ2n) is 4.31. The van der Waals surface area contributed by atoms with E-state index in [1.165, 1.54) is 5.56 Å². The zero-order valence-electron chi connectivity index (χ0n) is 9.36. The van der Waals surface area contributed by atoms with Crippen LogP contribution in [0.15, 0.2) is 30.3 Å². The number of primary amides is 1. The molecule has 1 aliphatic rings. The molecule has 0 spiro atoms. The van der Waals surface area contributed by atoms with Crippen molar-refractivity contribution < 1.29 is 4.79 Å². The van der Waals surface area contributed by atoms with Gasteiger partial charge in [0.15, 0.2) is 0 Å². The SMILES string of the molecule is CNC1(c2ccccc2)CC(NC(N)=O)C1. The Labute approximate surface area is 95.2 Å². The zero-order valence-corrected chi connectivity index (χ0v) is 9.36. The fraction of sp³-hybridized carbons (Fsp3) is 0.417. The number of hydrogen-bond donors (Lipinski definition) is 3. The Bertz CT molecular complexity index is 371. The Morgan fingerprint density at radius 3 is 2.50 bits per heavy atom. The molecule has 4 heteroatoms. The predicted octanol–water partition coefficient (Wildman–Crippen LogP) is 0.932. The Hall–Kier alpha value is -1.55. The van der Waals surface area contributed by atoms with E-state index in [-0.39, 0.29) is 11.6 Å². The second-order valence-corrected chi connectivity index (χ2v) is 4.31. The number of carbonyl (C=O) groups is 1. The van der Waals surface area contributed by atoms with Crippen LogP contribution in [0.4, 0.5) is 4.79 Å². The molecule has 0 atom stereocenters. The van der Waals surface area contributed by atoms with Gasteiger partial charge < -0.3 is 16.4 Å². The highest BCUT2D eigenvalue weighted by atomic mass is 16.2. The van der Waals surface area contributed by atoms with Gasteiger partial charge in [-0.05, 0) is 25.5 Å². The van der Waals surface area contributed by atoms with Crippen LogP contribution in [0.2, 0.25) is 0 Å². The smallest absolute Gasteiger partial charge is 0.312 e. The van der Waals surface area contributed by atoms with Gasteiger partial charge in [0.05, 0.1) is 0 Å². The topological polar surface area (TPSA) is 67.2 Å². The number of carbonyl (C=O) groups excluding carboxylic acids is 1. The number of hydrogen-bond acceptors (Lipinski definition) is 2. The summed E-state index contributed by atoms with van der Waals surface area (Å²) in [5.74, 6) is 0. The third-order valence-corrected chi connectivity index (χ3v) is 3.34. The minimum absolute atomic E-state index is 0.00558. The quantitative estimate of drug-likeness (QED) is 0.708. The molecule has 4 nitrogen and oxygen atoms in total. The molecule has 0 aliphatic heterocycles.